The van der Waals surface area contributed by atoms with Crippen LogP contribution in [0.15, 0.2) is 67.0 Å². The molecular weight excluding hydrogens is 557 g/mol. The van der Waals surface area contributed by atoms with E-state index in [2.05, 4.69) is 16.4 Å². The van der Waals surface area contributed by atoms with E-state index in [1.54, 1.807) is 24.2 Å². The number of hydrogen-bond acceptors (Lipinski definition) is 5. The van der Waals surface area contributed by atoms with Gasteiger partial charge < -0.3 is 14.2 Å². The highest BCUT2D eigenvalue weighted by Gasteiger charge is 2.27. The number of aromatic nitrogens is 2. The maximum atomic E-state index is 14.4. The van der Waals surface area contributed by atoms with Gasteiger partial charge in [0, 0.05) is 37.7 Å². The van der Waals surface area contributed by atoms with E-state index < -0.39 is 17.5 Å². The van der Waals surface area contributed by atoms with Gasteiger partial charge in [0.05, 0.1) is 22.3 Å². The number of amides is 2. The van der Waals surface area contributed by atoms with Crippen molar-refractivity contribution in [2.24, 2.45) is 0 Å². The Balaban J connectivity index is 1.30. The maximum Gasteiger partial charge on any atom is 0.412 e. The third-order valence-corrected chi connectivity index (χ3v) is 8.16. The topological polar surface area (TPSA) is 79.7 Å². The number of nitrogens with zero attached hydrogens (tertiary/aromatic N) is 4. The first-order chi connectivity index (χ1) is 20.9. The molecule has 5 rings (SSSR count). The molecule has 0 aliphatic carbocycles. The Morgan fingerprint density at radius 3 is 2.45 bits per heavy atom. The Morgan fingerprint density at radius 2 is 1.80 bits per heavy atom. The number of piperidine rings is 1. The predicted octanol–water partition coefficient (Wildman–Crippen LogP) is 7.37. The molecule has 232 valence electrons. The van der Waals surface area contributed by atoms with Gasteiger partial charge in [0.25, 0.3) is 5.91 Å². The van der Waals surface area contributed by atoms with Crippen molar-refractivity contribution in [3.63, 3.8) is 0 Å². The highest BCUT2D eigenvalue weighted by atomic mass is 19.1. The van der Waals surface area contributed by atoms with E-state index in [1.165, 1.54) is 17.7 Å². The average molecular weight is 600 g/mol. The van der Waals surface area contributed by atoms with Crippen LogP contribution in [0.3, 0.4) is 0 Å². The molecule has 9 heteroatoms. The fourth-order valence-corrected chi connectivity index (χ4v) is 5.67. The molecule has 1 saturated heterocycles. The van der Waals surface area contributed by atoms with Crippen LogP contribution < -0.4 is 5.32 Å². The van der Waals surface area contributed by atoms with Gasteiger partial charge in [-0.25, -0.2) is 9.18 Å². The first kappa shape index (κ1) is 31.2. The second-order valence-electron chi connectivity index (χ2n) is 12.9. The number of fused-ring (bicyclic) bond motifs is 1. The summed E-state index contributed by atoms with van der Waals surface area (Å²) in [5.41, 5.74) is 5.28. The van der Waals surface area contributed by atoms with Crippen LogP contribution in [0.4, 0.5) is 14.9 Å². The summed E-state index contributed by atoms with van der Waals surface area (Å²) in [5, 5.41) is 2.78. The molecule has 2 aromatic heterocycles. The fourth-order valence-electron chi connectivity index (χ4n) is 5.67. The standard InChI is InChI=1S/C35H42FN5O3/c1-23(2)39(6)33(42)28-20-26(36)11-14-30(28)41-22-29(32-31(41)8-7-17-37-32)25-15-18-40(19-16-25)21-24-9-12-27(13-10-24)38-34(43)44-35(3,4)5/h7-14,17,20,22-23,25H,15-16,18-19,21H2,1-6H3,(H,38,43). The van der Waals surface area contributed by atoms with Crippen molar-refractivity contribution < 1.29 is 18.7 Å². The largest absolute Gasteiger partial charge is 0.444 e. The SMILES string of the molecule is CC(C)N(C)C(=O)c1cc(F)ccc1-n1cc(C2CCN(Cc3ccc(NC(=O)OC(C)(C)C)cc3)CC2)c2ncccc21. The molecular formula is C35H42FN5O3. The number of halogens is 1. The van der Waals surface area contributed by atoms with Crippen molar-refractivity contribution in [3.05, 3.63) is 89.5 Å². The zero-order valence-corrected chi connectivity index (χ0v) is 26.4. The summed E-state index contributed by atoms with van der Waals surface area (Å²) in [6, 6.07) is 16.2. The summed E-state index contributed by atoms with van der Waals surface area (Å²) in [7, 11) is 1.74. The predicted molar refractivity (Wildman–Crippen MR) is 172 cm³/mol. The zero-order valence-electron chi connectivity index (χ0n) is 26.4. The summed E-state index contributed by atoms with van der Waals surface area (Å²) in [6.45, 7) is 12.1. The van der Waals surface area contributed by atoms with Gasteiger partial charge in [-0.2, -0.15) is 0 Å². The third-order valence-electron chi connectivity index (χ3n) is 8.16. The number of likely N-dealkylation sites (tertiary alicyclic amines) is 1. The number of carbonyl (C=O) groups excluding carboxylic acids is 2. The minimum absolute atomic E-state index is 0.0192. The van der Waals surface area contributed by atoms with Gasteiger partial charge in [-0.05, 0) is 120 Å². The number of nitrogens with one attached hydrogen (secondary N) is 1. The highest BCUT2D eigenvalue weighted by molar-refractivity contribution is 5.99. The smallest absolute Gasteiger partial charge is 0.412 e. The van der Waals surface area contributed by atoms with Crippen LogP contribution in [0.2, 0.25) is 0 Å². The van der Waals surface area contributed by atoms with Crippen LogP contribution in [0.1, 0.15) is 74.9 Å². The van der Waals surface area contributed by atoms with Crippen LogP contribution in [0.25, 0.3) is 16.7 Å². The first-order valence-electron chi connectivity index (χ1n) is 15.2. The molecule has 0 saturated carbocycles. The molecule has 0 spiro atoms. The lowest BCUT2D eigenvalue weighted by molar-refractivity contribution is 0.0635. The third kappa shape index (κ3) is 7.10. The lowest BCUT2D eigenvalue weighted by Gasteiger charge is -2.31. The molecule has 0 unspecified atom stereocenters. The summed E-state index contributed by atoms with van der Waals surface area (Å²) < 4.78 is 21.7. The summed E-state index contributed by atoms with van der Waals surface area (Å²) in [6.07, 6.45) is 5.37. The first-order valence-corrected chi connectivity index (χ1v) is 15.2. The molecule has 1 N–H and O–H groups in total. The van der Waals surface area contributed by atoms with Crippen molar-refractivity contribution in [2.75, 3.05) is 25.5 Å². The van der Waals surface area contributed by atoms with Gasteiger partial charge in [0.2, 0.25) is 0 Å². The maximum absolute atomic E-state index is 14.4. The van der Waals surface area contributed by atoms with E-state index in [0.29, 0.717) is 22.9 Å². The lowest BCUT2D eigenvalue weighted by atomic mass is 9.90. The molecule has 8 nitrogen and oxygen atoms in total. The van der Waals surface area contributed by atoms with E-state index in [4.69, 9.17) is 9.72 Å². The molecule has 2 amide bonds. The molecule has 1 aliphatic heterocycles. The van der Waals surface area contributed by atoms with Crippen molar-refractivity contribution in [2.45, 2.75) is 71.6 Å². The number of carbonyl (C=O) groups is 2. The summed E-state index contributed by atoms with van der Waals surface area (Å²) in [5.74, 6) is -0.350. The number of ether oxygens (including phenoxy) is 1. The second-order valence-corrected chi connectivity index (χ2v) is 12.9. The van der Waals surface area contributed by atoms with Crippen LogP contribution in [0, 0.1) is 5.82 Å². The number of hydrogen-bond donors (Lipinski definition) is 1. The van der Waals surface area contributed by atoms with Gasteiger partial charge in [-0.1, -0.05) is 12.1 Å². The van der Waals surface area contributed by atoms with Gasteiger partial charge >= 0.3 is 6.09 Å². The summed E-state index contributed by atoms with van der Waals surface area (Å²) in [4.78, 5) is 34.3. The molecule has 0 radical (unpaired) electrons. The average Bonchev–Trinajstić information content (AvgIpc) is 3.36. The fraction of sp³-hybridized carbons (Fsp3) is 0.400. The van der Waals surface area contributed by atoms with Crippen molar-refractivity contribution in [1.29, 1.82) is 0 Å². The molecule has 3 heterocycles. The zero-order chi connectivity index (χ0) is 31.6. The minimum atomic E-state index is -0.547. The van der Waals surface area contributed by atoms with Crippen LogP contribution in [0.5, 0.6) is 0 Å². The van der Waals surface area contributed by atoms with Gasteiger partial charge in [0.15, 0.2) is 0 Å². The molecule has 1 fully saturated rings. The van der Waals surface area contributed by atoms with Crippen LogP contribution in [-0.2, 0) is 11.3 Å². The minimum Gasteiger partial charge on any atom is -0.444 e. The Bertz CT molecular complexity index is 1630. The number of rotatable bonds is 7. The van der Waals surface area contributed by atoms with E-state index in [-0.39, 0.29) is 11.9 Å². The van der Waals surface area contributed by atoms with Crippen molar-refractivity contribution >= 4 is 28.7 Å². The Morgan fingerprint density at radius 1 is 1.09 bits per heavy atom. The molecule has 4 aromatic rings. The molecule has 0 bridgehead atoms. The van der Waals surface area contributed by atoms with E-state index >= 15 is 0 Å². The van der Waals surface area contributed by atoms with E-state index in [1.807, 2.05) is 75.6 Å². The lowest BCUT2D eigenvalue weighted by Crippen LogP contribution is -2.33. The van der Waals surface area contributed by atoms with Gasteiger partial charge in [-0.15, -0.1) is 0 Å². The number of benzene rings is 2. The Labute approximate surface area is 258 Å². The number of anilines is 1. The van der Waals surface area contributed by atoms with E-state index in [9.17, 15) is 14.0 Å². The van der Waals surface area contributed by atoms with Crippen LogP contribution >= 0.6 is 0 Å². The molecule has 0 atom stereocenters. The molecule has 44 heavy (non-hydrogen) atoms. The summed E-state index contributed by atoms with van der Waals surface area (Å²) >= 11 is 0. The quantitative estimate of drug-likeness (QED) is 0.240. The number of pyridine rings is 1. The van der Waals surface area contributed by atoms with Gasteiger partial charge in [-0.3, -0.25) is 20.0 Å². The van der Waals surface area contributed by atoms with Crippen molar-refractivity contribution in [3.8, 4) is 5.69 Å². The normalized spacial score (nSPS) is 14.6. The second kappa shape index (κ2) is 12.8. The van der Waals surface area contributed by atoms with E-state index in [0.717, 1.165) is 49.1 Å². The van der Waals surface area contributed by atoms with Crippen LogP contribution in [-0.4, -0.2) is 63.1 Å². The highest BCUT2D eigenvalue weighted by Crippen LogP contribution is 2.36. The monoisotopic (exact) mass is 599 g/mol. The molecule has 1 aliphatic rings. The molecule has 2 aromatic carbocycles. The van der Waals surface area contributed by atoms with Crippen molar-refractivity contribution in [1.82, 2.24) is 19.4 Å². The Kier molecular flexibility index (Phi) is 9.06. The van der Waals surface area contributed by atoms with Gasteiger partial charge in [0.1, 0.15) is 11.4 Å². The Hall–Kier alpha value is -4.24.